The maximum atomic E-state index is 10.5. The van der Waals surface area contributed by atoms with Gasteiger partial charge in [-0.25, -0.2) is 0 Å². The fourth-order valence-electron chi connectivity index (χ4n) is 1.77. The molecule has 0 saturated heterocycles. The number of benzene rings is 1. The molecular weight excluding hydrogens is 200 g/mol. The van der Waals surface area contributed by atoms with E-state index in [0.29, 0.717) is 12.0 Å². The molecule has 0 aliphatic heterocycles. The summed E-state index contributed by atoms with van der Waals surface area (Å²) in [5, 5.41) is 9.74. The first-order chi connectivity index (χ1) is 7.70. The summed E-state index contributed by atoms with van der Waals surface area (Å²) in [5.74, 6) is 0. The molecule has 1 atom stereocenters. The zero-order chi connectivity index (χ0) is 11.5. The monoisotopic (exact) mass is 214 g/mol. The van der Waals surface area contributed by atoms with Crippen molar-refractivity contribution in [2.45, 2.75) is 19.4 Å². The summed E-state index contributed by atoms with van der Waals surface area (Å²) in [5.41, 5.74) is 3.84. The number of aliphatic hydroxyl groups is 1. The van der Waals surface area contributed by atoms with Crippen molar-refractivity contribution in [2.75, 3.05) is 0 Å². The minimum absolute atomic E-state index is 0.384. The summed E-state index contributed by atoms with van der Waals surface area (Å²) in [6, 6.07) is 7.41. The van der Waals surface area contributed by atoms with Gasteiger partial charge < -0.3 is 5.11 Å². The van der Waals surface area contributed by atoms with Crippen LogP contribution in [0.1, 0.15) is 29.3 Å². The predicted octanol–water partition coefficient (Wildman–Crippen LogP) is 2.59. The Bertz CT molecular complexity index is 452. The Kier molecular flexibility index (Phi) is 3.02. The molecule has 82 valence electrons. The van der Waals surface area contributed by atoms with E-state index in [9.17, 15) is 9.90 Å². The molecule has 0 aromatic heterocycles. The first-order valence-electron chi connectivity index (χ1n) is 5.32. The normalized spacial score (nSPS) is 20.0. The van der Waals surface area contributed by atoms with Crippen LogP contribution in [-0.2, 0) is 0 Å². The quantitative estimate of drug-likeness (QED) is 0.768. The number of allylic oxidation sites excluding steroid dienone is 2. The molecule has 0 amide bonds. The number of carbonyl (C=O) groups is 1. The molecule has 0 spiro atoms. The molecule has 1 unspecified atom stereocenters. The van der Waals surface area contributed by atoms with E-state index in [-0.39, 0.29) is 6.10 Å². The maximum absolute atomic E-state index is 10.5. The molecule has 0 bridgehead atoms. The van der Waals surface area contributed by atoms with Gasteiger partial charge in [0.2, 0.25) is 0 Å². The molecule has 1 aliphatic rings. The number of hydrogen-bond acceptors (Lipinski definition) is 2. The average Bonchev–Trinajstić information content (AvgIpc) is 2.33. The summed E-state index contributed by atoms with van der Waals surface area (Å²) >= 11 is 0. The highest BCUT2D eigenvalue weighted by Gasteiger charge is 2.14. The van der Waals surface area contributed by atoms with Gasteiger partial charge >= 0.3 is 0 Å². The van der Waals surface area contributed by atoms with Crippen LogP contribution in [0, 0.1) is 0 Å². The van der Waals surface area contributed by atoms with Crippen molar-refractivity contribution in [3.8, 4) is 0 Å². The summed E-state index contributed by atoms with van der Waals surface area (Å²) < 4.78 is 0. The van der Waals surface area contributed by atoms with E-state index in [2.05, 4.69) is 0 Å². The standard InChI is InChI=1S/C14H14O2/c1-10-2-5-13(8-14(10)16)12-6-3-11(9-15)4-7-12/h2-7,9,14,16H,8H2,1H3. The van der Waals surface area contributed by atoms with Crippen LogP contribution in [-0.4, -0.2) is 17.5 Å². The van der Waals surface area contributed by atoms with Crippen molar-refractivity contribution in [3.63, 3.8) is 0 Å². The van der Waals surface area contributed by atoms with Gasteiger partial charge in [0.15, 0.2) is 0 Å². The van der Waals surface area contributed by atoms with Gasteiger partial charge in [-0.1, -0.05) is 36.4 Å². The lowest BCUT2D eigenvalue weighted by Crippen LogP contribution is -2.11. The van der Waals surface area contributed by atoms with E-state index in [4.69, 9.17) is 0 Å². The van der Waals surface area contributed by atoms with Crippen LogP contribution >= 0.6 is 0 Å². The van der Waals surface area contributed by atoms with Crippen LogP contribution in [0.4, 0.5) is 0 Å². The maximum Gasteiger partial charge on any atom is 0.150 e. The van der Waals surface area contributed by atoms with Gasteiger partial charge in [-0.05, 0) is 23.6 Å². The summed E-state index contributed by atoms with van der Waals surface area (Å²) in [4.78, 5) is 10.5. The smallest absolute Gasteiger partial charge is 0.150 e. The van der Waals surface area contributed by atoms with E-state index in [1.807, 2.05) is 31.2 Å². The van der Waals surface area contributed by atoms with Gasteiger partial charge in [0, 0.05) is 12.0 Å². The fraction of sp³-hybridized carbons (Fsp3) is 0.214. The topological polar surface area (TPSA) is 37.3 Å². The third kappa shape index (κ3) is 2.12. The van der Waals surface area contributed by atoms with E-state index in [1.54, 1.807) is 12.1 Å². The highest BCUT2D eigenvalue weighted by atomic mass is 16.3. The molecule has 16 heavy (non-hydrogen) atoms. The molecule has 2 rings (SSSR count). The molecule has 0 radical (unpaired) electrons. The van der Waals surface area contributed by atoms with E-state index in [0.717, 1.165) is 23.0 Å². The lowest BCUT2D eigenvalue weighted by Gasteiger charge is -2.18. The molecule has 1 N–H and O–H groups in total. The average molecular weight is 214 g/mol. The van der Waals surface area contributed by atoms with Crippen LogP contribution < -0.4 is 0 Å². The molecule has 2 nitrogen and oxygen atoms in total. The molecule has 1 aromatic carbocycles. The Morgan fingerprint density at radius 3 is 2.50 bits per heavy atom. The summed E-state index contributed by atoms with van der Waals surface area (Å²) in [6.07, 6.45) is 5.06. The highest BCUT2D eigenvalue weighted by molar-refractivity contribution is 5.77. The van der Waals surface area contributed by atoms with E-state index >= 15 is 0 Å². The minimum atomic E-state index is -0.384. The minimum Gasteiger partial charge on any atom is -0.388 e. The Labute approximate surface area is 94.9 Å². The van der Waals surface area contributed by atoms with Gasteiger partial charge in [0.25, 0.3) is 0 Å². The zero-order valence-corrected chi connectivity index (χ0v) is 9.18. The SMILES string of the molecule is CC1=CC=C(c2ccc(C=O)cc2)CC1O. The Balaban J connectivity index is 2.28. The molecular formula is C14H14O2. The van der Waals surface area contributed by atoms with Crippen LogP contribution in [0.2, 0.25) is 0 Å². The van der Waals surface area contributed by atoms with Crippen LogP contribution in [0.3, 0.4) is 0 Å². The molecule has 2 heteroatoms. The zero-order valence-electron chi connectivity index (χ0n) is 9.18. The number of rotatable bonds is 2. The molecule has 0 fully saturated rings. The lowest BCUT2D eigenvalue weighted by molar-refractivity contribution is 0.112. The van der Waals surface area contributed by atoms with E-state index in [1.165, 1.54) is 0 Å². The summed E-state index contributed by atoms with van der Waals surface area (Å²) in [7, 11) is 0. The van der Waals surface area contributed by atoms with Crippen LogP contribution in [0.25, 0.3) is 5.57 Å². The second-order valence-electron chi connectivity index (χ2n) is 4.06. The van der Waals surface area contributed by atoms with E-state index < -0.39 is 0 Å². The molecule has 1 aromatic rings. The lowest BCUT2D eigenvalue weighted by atomic mass is 9.91. The van der Waals surface area contributed by atoms with Gasteiger partial charge in [0.1, 0.15) is 6.29 Å². The van der Waals surface area contributed by atoms with Crippen LogP contribution in [0.15, 0.2) is 42.0 Å². The van der Waals surface area contributed by atoms with Crippen LogP contribution in [0.5, 0.6) is 0 Å². The number of aliphatic hydroxyl groups excluding tert-OH is 1. The Morgan fingerprint density at radius 2 is 1.94 bits per heavy atom. The van der Waals surface area contributed by atoms with Gasteiger partial charge in [-0.2, -0.15) is 0 Å². The number of carbonyl (C=O) groups excluding carboxylic acids is 1. The van der Waals surface area contributed by atoms with Crippen molar-refractivity contribution in [1.82, 2.24) is 0 Å². The molecule has 1 aliphatic carbocycles. The van der Waals surface area contributed by atoms with Gasteiger partial charge in [0.05, 0.1) is 6.10 Å². The van der Waals surface area contributed by atoms with Crippen molar-refractivity contribution >= 4 is 11.9 Å². The second kappa shape index (κ2) is 4.45. The molecule has 0 saturated carbocycles. The second-order valence-corrected chi connectivity index (χ2v) is 4.06. The number of aldehydes is 1. The largest absolute Gasteiger partial charge is 0.388 e. The third-order valence-electron chi connectivity index (χ3n) is 2.90. The van der Waals surface area contributed by atoms with Gasteiger partial charge in [-0.3, -0.25) is 4.79 Å². The van der Waals surface area contributed by atoms with Crippen molar-refractivity contribution in [1.29, 1.82) is 0 Å². The van der Waals surface area contributed by atoms with Crippen molar-refractivity contribution in [2.24, 2.45) is 0 Å². The van der Waals surface area contributed by atoms with Crippen molar-refractivity contribution < 1.29 is 9.90 Å². The number of hydrogen-bond donors (Lipinski definition) is 1. The first kappa shape index (κ1) is 10.8. The van der Waals surface area contributed by atoms with Crippen molar-refractivity contribution in [3.05, 3.63) is 53.1 Å². The third-order valence-corrected chi connectivity index (χ3v) is 2.90. The molecule has 0 heterocycles. The Hall–Kier alpha value is -1.67. The predicted molar refractivity (Wildman–Crippen MR) is 64.2 cm³/mol. The highest BCUT2D eigenvalue weighted by Crippen LogP contribution is 2.26. The summed E-state index contributed by atoms with van der Waals surface area (Å²) in [6.45, 7) is 1.92. The first-order valence-corrected chi connectivity index (χ1v) is 5.32. The fourth-order valence-corrected chi connectivity index (χ4v) is 1.77. The Morgan fingerprint density at radius 1 is 1.25 bits per heavy atom. The van der Waals surface area contributed by atoms with Gasteiger partial charge in [-0.15, -0.1) is 0 Å².